The Bertz CT molecular complexity index is 539. The van der Waals surface area contributed by atoms with E-state index in [4.69, 9.17) is 4.74 Å². The molecule has 2 aromatic carbocycles. The maximum Gasteiger partial charge on any atom is 0.146 e. The lowest BCUT2D eigenvalue weighted by Gasteiger charge is -2.15. The summed E-state index contributed by atoms with van der Waals surface area (Å²) in [6, 6.07) is 15.0. The van der Waals surface area contributed by atoms with Crippen molar-refractivity contribution >= 4 is 5.69 Å². The molecule has 1 atom stereocenters. The third kappa shape index (κ3) is 3.98. The van der Waals surface area contributed by atoms with E-state index in [0.717, 1.165) is 18.6 Å². The Balaban J connectivity index is 1.85. The molecule has 0 spiro atoms. The number of para-hydroxylation sites is 1. The van der Waals surface area contributed by atoms with Crippen LogP contribution in [0.4, 0.5) is 10.1 Å². The number of benzene rings is 2. The lowest BCUT2D eigenvalue weighted by Crippen LogP contribution is -2.16. The van der Waals surface area contributed by atoms with Crippen molar-refractivity contribution in [3.8, 4) is 5.75 Å². The van der Waals surface area contributed by atoms with Crippen molar-refractivity contribution in [3.63, 3.8) is 0 Å². The van der Waals surface area contributed by atoms with Gasteiger partial charge in [0.25, 0.3) is 0 Å². The number of methoxy groups -OCH3 is 1. The van der Waals surface area contributed by atoms with Crippen LogP contribution in [-0.4, -0.2) is 13.2 Å². The summed E-state index contributed by atoms with van der Waals surface area (Å²) in [6.07, 6.45) is 1.90. The van der Waals surface area contributed by atoms with Crippen molar-refractivity contribution < 1.29 is 9.13 Å². The molecule has 2 nitrogen and oxygen atoms in total. The number of hydrogen-bond acceptors (Lipinski definition) is 2. The zero-order chi connectivity index (χ0) is 14.4. The summed E-state index contributed by atoms with van der Waals surface area (Å²) >= 11 is 0. The Labute approximate surface area is 119 Å². The van der Waals surface area contributed by atoms with Gasteiger partial charge in [0.15, 0.2) is 0 Å². The Morgan fingerprint density at radius 2 is 1.80 bits per heavy atom. The summed E-state index contributed by atoms with van der Waals surface area (Å²) in [7, 11) is 1.66. The van der Waals surface area contributed by atoms with Crippen molar-refractivity contribution in [2.45, 2.75) is 25.8 Å². The molecule has 20 heavy (non-hydrogen) atoms. The van der Waals surface area contributed by atoms with E-state index < -0.39 is 0 Å². The first kappa shape index (κ1) is 14.4. The molecule has 0 saturated carbocycles. The summed E-state index contributed by atoms with van der Waals surface area (Å²) in [5.41, 5.74) is 1.82. The smallest absolute Gasteiger partial charge is 0.146 e. The molecule has 0 aliphatic carbocycles. The van der Waals surface area contributed by atoms with E-state index in [9.17, 15) is 4.39 Å². The minimum atomic E-state index is -0.205. The highest BCUT2D eigenvalue weighted by Crippen LogP contribution is 2.17. The summed E-state index contributed by atoms with van der Waals surface area (Å²) in [5, 5.41) is 3.20. The SMILES string of the molecule is COc1ccc(CC[C@H](C)Nc2ccccc2F)cc1. The predicted molar refractivity (Wildman–Crippen MR) is 80.8 cm³/mol. The number of nitrogens with one attached hydrogen (secondary N) is 1. The average Bonchev–Trinajstić information content (AvgIpc) is 2.48. The van der Waals surface area contributed by atoms with E-state index in [0.29, 0.717) is 5.69 Å². The van der Waals surface area contributed by atoms with E-state index in [-0.39, 0.29) is 11.9 Å². The third-order valence-corrected chi connectivity index (χ3v) is 3.30. The number of ether oxygens (including phenoxy) is 1. The molecule has 0 unspecified atom stereocenters. The highest BCUT2D eigenvalue weighted by molar-refractivity contribution is 5.45. The molecular formula is C17H20FNO. The van der Waals surface area contributed by atoms with E-state index in [1.54, 1.807) is 19.2 Å². The molecular weight excluding hydrogens is 253 g/mol. The monoisotopic (exact) mass is 273 g/mol. The van der Waals surface area contributed by atoms with Crippen molar-refractivity contribution in [1.29, 1.82) is 0 Å². The van der Waals surface area contributed by atoms with Gasteiger partial charge in [-0.25, -0.2) is 4.39 Å². The van der Waals surface area contributed by atoms with Crippen LogP contribution in [0.2, 0.25) is 0 Å². The van der Waals surface area contributed by atoms with Gasteiger partial charge in [0.2, 0.25) is 0 Å². The minimum Gasteiger partial charge on any atom is -0.497 e. The standard InChI is InChI=1S/C17H20FNO/c1-13(19-17-6-4-3-5-16(17)18)7-8-14-9-11-15(20-2)12-10-14/h3-6,9-13,19H,7-8H2,1-2H3/t13-/m0/s1. The minimum absolute atomic E-state index is 0.205. The Kier molecular flexibility index (Phi) is 4.99. The molecule has 0 heterocycles. The van der Waals surface area contributed by atoms with Gasteiger partial charge >= 0.3 is 0 Å². The lowest BCUT2D eigenvalue weighted by molar-refractivity contribution is 0.414. The highest BCUT2D eigenvalue weighted by Gasteiger charge is 2.06. The molecule has 0 saturated heterocycles. The van der Waals surface area contributed by atoms with Gasteiger partial charge in [0.1, 0.15) is 11.6 Å². The van der Waals surface area contributed by atoms with Gasteiger partial charge in [-0.05, 0) is 49.6 Å². The molecule has 106 valence electrons. The molecule has 0 amide bonds. The number of aryl methyl sites for hydroxylation is 1. The van der Waals surface area contributed by atoms with Crippen LogP contribution in [0.1, 0.15) is 18.9 Å². The van der Waals surface area contributed by atoms with Gasteiger partial charge in [0.05, 0.1) is 12.8 Å². The second kappa shape index (κ2) is 6.94. The third-order valence-electron chi connectivity index (χ3n) is 3.30. The number of rotatable bonds is 6. The first-order valence-corrected chi connectivity index (χ1v) is 6.83. The molecule has 0 aliphatic heterocycles. The van der Waals surface area contributed by atoms with Crippen molar-refractivity contribution in [2.75, 3.05) is 12.4 Å². The summed E-state index contributed by atoms with van der Waals surface area (Å²) < 4.78 is 18.7. The predicted octanol–water partition coefficient (Wildman–Crippen LogP) is 4.27. The van der Waals surface area contributed by atoms with Gasteiger partial charge in [0, 0.05) is 6.04 Å². The molecule has 2 aromatic rings. The van der Waals surface area contributed by atoms with Gasteiger partial charge in [-0.2, -0.15) is 0 Å². The molecule has 0 bridgehead atoms. The fourth-order valence-corrected chi connectivity index (χ4v) is 2.09. The second-order valence-corrected chi connectivity index (χ2v) is 4.91. The van der Waals surface area contributed by atoms with Crippen LogP contribution >= 0.6 is 0 Å². The van der Waals surface area contributed by atoms with Crippen LogP contribution in [-0.2, 0) is 6.42 Å². The molecule has 0 aromatic heterocycles. The second-order valence-electron chi connectivity index (χ2n) is 4.91. The number of anilines is 1. The average molecular weight is 273 g/mol. The summed E-state index contributed by atoms with van der Waals surface area (Å²) in [5.74, 6) is 0.662. The van der Waals surface area contributed by atoms with Crippen molar-refractivity contribution in [3.05, 3.63) is 59.9 Å². The van der Waals surface area contributed by atoms with E-state index in [1.807, 2.05) is 18.2 Å². The fraction of sp³-hybridized carbons (Fsp3) is 0.294. The quantitative estimate of drug-likeness (QED) is 0.848. The van der Waals surface area contributed by atoms with Crippen LogP contribution in [0, 0.1) is 5.82 Å². The topological polar surface area (TPSA) is 21.3 Å². The molecule has 1 N–H and O–H groups in total. The van der Waals surface area contributed by atoms with Gasteiger partial charge in [-0.15, -0.1) is 0 Å². The zero-order valence-electron chi connectivity index (χ0n) is 11.9. The van der Waals surface area contributed by atoms with E-state index >= 15 is 0 Å². The van der Waals surface area contributed by atoms with Crippen LogP contribution in [0.25, 0.3) is 0 Å². The van der Waals surface area contributed by atoms with E-state index in [1.165, 1.54) is 11.6 Å². The number of hydrogen-bond donors (Lipinski definition) is 1. The molecule has 0 aliphatic rings. The Morgan fingerprint density at radius 3 is 2.45 bits per heavy atom. The van der Waals surface area contributed by atoms with Crippen LogP contribution < -0.4 is 10.1 Å². The van der Waals surface area contributed by atoms with Crippen LogP contribution in [0.3, 0.4) is 0 Å². The number of halogens is 1. The fourth-order valence-electron chi connectivity index (χ4n) is 2.09. The molecule has 3 heteroatoms. The van der Waals surface area contributed by atoms with Crippen molar-refractivity contribution in [1.82, 2.24) is 0 Å². The highest BCUT2D eigenvalue weighted by atomic mass is 19.1. The summed E-state index contributed by atoms with van der Waals surface area (Å²) in [6.45, 7) is 2.07. The van der Waals surface area contributed by atoms with Gasteiger partial charge in [-0.1, -0.05) is 24.3 Å². The van der Waals surface area contributed by atoms with Gasteiger partial charge in [-0.3, -0.25) is 0 Å². The first-order valence-electron chi connectivity index (χ1n) is 6.83. The molecule has 0 radical (unpaired) electrons. The first-order chi connectivity index (χ1) is 9.69. The maximum atomic E-state index is 13.5. The van der Waals surface area contributed by atoms with Crippen LogP contribution in [0.5, 0.6) is 5.75 Å². The molecule has 2 rings (SSSR count). The van der Waals surface area contributed by atoms with E-state index in [2.05, 4.69) is 24.4 Å². The zero-order valence-corrected chi connectivity index (χ0v) is 11.9. The van der Waals surface area contributed by atoms with Gasteiger partial charge < -0.3 is 10.1 Å². The maximum absolute atomic E-state index is 13.5. The van der Waals surface area contributed by atoms with Crippen molar-refractivity contribution in [2.24, 2.45) is 0 Å². The lowest BCUT2D eigenvalue weighted by atomic mass is 10.1. The van der Waals surface area contributed by atoms with Crippen LogP contribution in [0.15, 0.2) is 48.5 Å². The summed E-state index contributed by atoms with van der Waals surface area (Å²) in [4.78, 5) is 0. The molecule has 0 fully saturated rings. The Morgan fingerprint density at radius 1 is 1.10 bits per heavy atom. The largest absolute Gasteiger partial charge is 0.497 e. The Hall–Kier alpha value is -2.03. The normalized spacial score (nSPS) is 11.9.